The van der Waals surface area contributed by atoms with Crippen LogP contribution in [0.15, 0.2) is 28.7 Å². The van der Waals surface area contributed by atoms with Gasteiger partial charge in [0.25, 0.3) is 0 Å². The normalized spacial score (nSPS) is 12.8. The molecule has 0 aliphatic rings. The average molecular weight is 385 g/mol. The van der Waals surface area contributed by atoms with E-state index < -0.39 is 17.7 Å². The molecule has 0 aliphatic heterocycles. The van der Waals surface area contributed by atoms with Crippen molar-refractivity contribution in [2.75, 3.05) is 5.32 Å². The molecule has 0 saturated heterocycles. The highest BCUT2D eigenvalue weighted by Crippen LogP contribution is 2.24. The van der Waals surface area contributed by atoms with E-state index in [0.717, 1.165) is 4.47 Å². The predicted octanol–water partition coefficient (Wildman–Crippen LogP) is 4.58. The number of hydrogen-bond acceptors (Lipinski definition) is 2. The number of carbonyl (C=O) groups is 2. The van der Waals surface area contributed by atoms with Gasteiger partial charge in [-0.2, -0.15) is 0 Å². The highest BCUT2D eigenvalue weighted by molar-refractivity contribution is 9.10. The Hall–Kier alpha value is -1.56. The summed E-state index contributed by atoms with van der Waals surface area (Å²) >= 11 is 3.34. The Morgan fingerprint density at radius 3 is 2.13 bits per heavy atom. The van der Waals surface area contributed by atoms with E-state index in [1.54, 1.807) is 32.9 Å². The van der Waals surface area contributed by atoms with Crippen molar-refractivity contribution in [1.29, 1.82) is 0 Å². The molecule has 1 rings (SSSR count). The molecule has 0 aromatic heterocycles. The van der Waals surface area contributed by atoms with Gasteiger partial charge in [-0.25, -0.2) is 4.79 Å². The molecule has 0 saturated carbocycles. The van der Waals surface area contributed by atoms with Crippen molar-refractivity contribution >= 4 is 33.6 Å². The minimum atomic E-state index is -1.09. The van der Waals surface area contributed by atoms with Crippen LogP contribution in [0.2, 0.25) is 0 Å². The maximum Gasteiger partial charge on any atom is 0.408 e. The largest absolute Gasteiger partial charge is 0.465 e. The zero-order valence-electron chi connectivity index (χ0n) is 14.3. The fraction of sp³-hybridized carbons (Fsp3) is 0.529. The minimum Gasteiger partial charge on any atom is -0.465 e. The first-order chi connectivity index (χ1) is 10.5. The van der Waals surface area contributed by atoms with Crippen LogP contribution in [0.25, 0.3) is 0 Å². The molecule has 6 heteroatoms. The lowest BCUT2D eigenvalue weighted by atomic mass is 9.96. The summed E-state index contributed by atoms with van der Waals surface area (Å²) in [5, 5.41) is 12.4. The summed E-state index contributed by atoms with van der Waals surface area (Å²) in [5.74, 6) is -0.113. The molecule has 0 heterocycles. The van der Waals surface area contributed by atoms with E-state index in [0.29, 0.717) is 12.1 Å². The van der Waals surface area contributed by atoms with Gasteiger partial charge in [-0.15, -0.1) is 0 Å². The number of amides is 2. The van der Waals surface area contributed by atoms with Crippen LogP contribution in [0.4, 0.5) is 10.5 Å². The molecular weight excluding hydrogens is 360 g/mol. The molecule has 2 N–H and O–H groups in total. The van der Waals surface area contributed by atoms with Gasteiger partial charge in [0, 0.05) is 15.7 Å². The molecule has 128 valence electrons. The summed E-state index contributed by atoms with van der Waals surface area (Å²) in [4.78, 5) is 25.6. The van der Waals surface area contributed by atoms with Crippen LogP contribution in [-0.2, 0) is 4.79 Å². The van der Waals surface area contributed by atoms with E-state index in [2.05, 4.69) is 21.2 Å². The maximum absolute atomic E-state index is 12.7. The summed E-state index contributed by atoms with van der Waals surface area (Å²) in [6.45, 7) is 9.33. The van der Waals surface area contributed by atoms with Crippen LogP contribution < -0.4 is 5.32 Å². The van der Waals surface area contributed by atoms with E-state index in [9.17, 15) is 14.7 Å². The average Bonchev–Trinajstić information content (AvgIpc) is 2.38. The molecule has 23 heavy (non-hydrogen) atoms. The summed E-state index contributed by atoms with van der Waals surface area (Å²) < 4.78 is 0.913. The van der Waals surface area contributed by atoms with E-state index in [1.807, 2.05) is 26.0 Å². The third kappa shape index (κ3) is 5.86. The number of anilines is 1. The topological polar surface area (TPSA) is 69.6 Å². The summed E-state index contributed by atoms with van der Waals surface area (Å²) in [7, 11) is 0. The lowest BCUT2D eigenvalue weighted by Crippen LogP contribution is -2.55. The molecule has 1 aromatic rings. The van der Waals surface area contributed by atoms with Crippen LogP contribution in [-0.4, -0.2) is 33.6 Å². The second-order valence-corrected chi connectivity index (χ2v) is 7.88. The van der Waals surface area contributed by atoms with Crippen LogP contribution >= 0.6 is 15.9 Å². The molecule has 1 atom stereocenters. The number of nitrogens with one attached hydrogen (secondary N) is 1. The Kier molecular flexibility index (Phi) is 6.62. The van der Waals surface area contributed by atoms with Gasteiger partial charge in [0.2, 0.25) is 5.91 Å². The molecule has 5 nitrogen and oxygen atoms in total. The minimum absolute atomic E-state index is 0.194. The van der Waals surface area contributed by atoms with Crippen LogP contribution in [0.5, 0.6) is 0 Å². The lowest BCUT2D eigenvalue weighted by molar-refractivity contribution is -0.123. The highest BCUT2D eigenvalue weighted by Gasteiger charge is 2.37. The van der Waals surface area contributed by atoms with Crippen molar-refractivity contribution in [3.63, 3.8) is 0 Å². The smallest absolute Gasteiger partial charge is 0.408 e. The number of hydrogen-bond donors (Lipinski definition) is 2. The summed E-state index contributed by atoms with van der Waals surface area (Å²) in [5.41, 5.74) is -0.0196. The molecule has 2 amide bonds. The summed E-state index contributed by atoms with van der Waals surface area (Å²) in [6.07, 6.45) is -0.625. The van der Waals surface area contributed by atoms with Crippen molar-refractivity contribution < 1.29 is 14.7 Å². The van der Waals surface area contributed by atoms with Gasteiger partial charge in [-0.05, 0) is 57.4 Å². The third-order valence-corrected chi connectivity index (χ3v) is 3.88. The number of carbonyl (C=O) groups excluding carboxylic acids is 1. The number of nitrogens with zero attached hydrogens (tertiary/aromatic N) is 1. The molecule has 0 radical (unpaired) electrons. The molecule has 0 unspecified atom stereocenters. The van der Waals surface area contributed by atoms with Gasteiger partial charge >= 0.3 is 6.09 Å². The van der Waals surface area contributed by atoms with Gasteiger partial charge in [0.05, 0.1) is 0 Å². The van der Waals surface area contributed by atoms with Crippen LogP contribution in [0, 0.1) is 5.92 Å². The maximum atomic E-state index is 12.7. The molecule has 0 spiro atoms. The second-order valence-electron chi connectivity index (χ2n) is 6.96. The molecule has 0 bridgehead atoms. The fourth-order valence-corrected chi connectivity index (χ4v) is 2.69. The van der Waals surface area contributed by atoms with E-state index in [1.165, 1.54) is 4.90 Å². The van der Waals surface area contributed by atoms with Crippen LogP contribution in [0.3, 0.4) is 0 Å². The van der Waals surface area contributed by atoms with Crippen molar-refractivity contribution in [3.8, 4) is 0 Å². The van der Waals surface area contributed by atoms with Gasteiger partial charge in [0.15, 0.2) is 0 Å². The lowest BCUT2D eigenvalue weighted by Gasteiger charge is -2.39. The molecule has 0 aliphatic carbocycles. The van der Waals surface area contributed by atoms with Gasteiger partial charge in [-0.3, -0.25) is 9.69 Å². The monoisotopic (exact) mass is 384 g/mol. The van der Waals surface area contributed by atoms with Gasteiger partial charge in [0.1, 0.15) is 6.04 Å². The first-order valence-electron chi connectivity index (χ1n) is 7.61. The van der Waals surface area contributed by atoms with Gasteiger partial charge < -0.3 is 10.4 Å². The Bertz CT molecular complexity index is 550. The fourth-order valence-electron chi connectivity index (χ4n) is 2.42. The number of rotatable bonds is 5. The first kappa shape index (κ1) is 19.5. The van der Waals surface area contributed by atoms with E-state index in [-0.39, 0.29) is 11.8 Å². The van der Waals surface area contributed by atoms with Crippen molar-refractivity contribution in [2.45, 2.75) is 52.6 Å². The van der Waals surface area contributed by atoms with E-state index >= 15 is 0 Å². The van der Waals surface area contributed by atoms with E-state index in [4.69, 9.17) is 0 Å². The SMILES string of the molecule is CC(C)C[C@H](C(=O)Nc1ccc(Br)cc1)N(C(=O)O)C(C)(C)C. The standard InChI is InChI=1S/C17H25BrN2O3/c1-11(2)10-14(20(16(22)23)17(3,4)5)15(21)19-13-8-6-12(18)7-9-13/h6-9,11,14H,10H2,1-5H3,(H,19,21)(H,22,23)/t14-/m1/s1. The molecule has 0 fully saturated rings. The zero-order chi connectivity index (χ0) is 17.8. The molecular formula is C17H25BrN2O3. The van der Waals surface area contributed by atoms with Crippen molar-refractivity contribution in [1.82, 2.24) is 4.90 Å². The van der Waals surface area contributed by atoms with Crippen molar-refractivity contribution in [2.24, 2.45) is 5.92 Å². The first-order valence-corrected chi connectivity index (χ1v) is 8.40. The predicted molar refractivity (Wildman–Crippen MR) is 95.6 cm³/mol. The Balaban J connectivity index is 3.06. The van der Waals surface area contributed by atoms with Crippen LogP contribution in [0.1, 0.15) is 41.0 Å². The number of carboxylic acid groups (broad SMARTS) is 1. The third-order valence-electron chi connectivity index (χ3n) is 3.35. The number of benzene rings is 1. The Morgan fingerprint density at radius 2 is 1.74 bits per heavy atom. The zero-order valence-corrected chi connectivity index (χ0v) is 15.8. The quantitative estimate of drug-likeness (QED) is 0.780. The van der Waals surface area contributed by atoms with Gasteiger partial charge in [-0.1, -0.05) is 29.8 Å². The highest BCUT2D eigenvalue weighted by atomic mass is 79.9. The second kappa shape index (κ2) is 7.81. The van der Waals surface area contributed by atoms with Crippen molar-refractivity contribution in [3.05, 3.63) is 28.7 Å². The summed E-state index contributed by atoms with van der Waals surface area (Å²) in [6, 6.07) is 6.46. The number of halogens is 1. The Morgan fingerprint density at radius 1 is 1.22 bits per heavy atom. The molecule has 1 aromatic carbocycles. The Labute approximate surface area is 146 Å².